The lowest BCUT2D eigenvalue weighted by atomic mass is 9.94. The van der Waals surface area contributed by atoms with Gasteiger partial charge in [-0.25, -0.2) is 0 Å². The summed E-state index contributed by atoms with van der Waals surface area (Å²) in [6.07, 6.45) is 2.07. The lowest BCUT2D eigenvalue weighted by Gasteiger charge is -2.16. The van der Waals surface area contributed by atoms with Crippen molar-refractivity contribution >= 4 is 31.9 Å². The third-order valence-electron chi connectivity index (χ3n) is 3.34. The number of ether oxygens (including phenoxy) is 1. The summed E-state index contributed by atoms with van der Waals surface area (Å²) in [4.78, 5) is 0. The average Bonchev–Trinajstić information content (AvgIpc) is 2.48. The summed E-state index contributed by atoms with van der Waals surface area (Å²) >= 11 is 7.18. The average molecular weight is 398 g/mol. The van der Waals surface area contributed by atoms with Crippen LogP contribution in [0.15, 0.2) is 53.0 Å². The van der Waals surface area contributed by atoms with Crippen molar-refractivity contribution in [1.29, 1.82) is 0 Å². The molecule has 3 heteroatoms. The summed E-state index contributed by atoms with van der Waals surface area (Å²) < 4.78 is 6.56. The van der Waals surface area contributed by atoms with Crippen molar-refractivity contribution in [2.24, 2.45) is 5.92 Å². The van der Waals surface area contributed by atoms with Gasteiger partial charge in [0.2, 0.25) is 0 Å². The molecule has 0 heterocycles. The maximum Gasteiger partial charge on any atom is 0.122 e. The molecule has 1 atom stereocenters. The number of rotatable bonds is 6. The number of halogens is 2. The predicted octanol–water partition coefficient (Wildman–Crippen LogP) is 5.25. The molecule has 20 heavy (non-hydrogen) atoms. The van der Waals surface area contributed by atoms with E-state index >= 15 is 0 Å². The molecule has 0 aliphatic heterocycles. The third-order valence-corrected chi connectivity index (χ3v) is 4.75. The Balaban J connectivity index is 2.12. The maximum absolute atomic E-state index is 5.46. The number of methoxy groups -OCH3 is 1. The van der Waals surface area contributed by atoms with Gasteiger partial charge < -0.3 is 4.74 Å². The van der Waals surface area contributed by atoms with E-state index in [-0.39, 0.29) is 0 Å². The van der Waals surface area contributed by atoms with Crippen molar-refractivity contribution < 1.29 is 4.74 Å². The Morgan fingerprint density at radius 2 is 1.80 bits per heavy atom. The largest absolute Gasteiger partial charge is 0.496 e. The zero-order valence-corrected chi connectivity index (χ0v) is 14.7. The maximum atomic E-state index is 5.46. The Labute approximate surface area is 137 Å². The lowest BCUT2D eigenvalue weighted by molar-refractivity contribution is 0.405. The van der Waals surface area contributed by atoms with Crippen LogP contribution in [0.5, 0.6) is 5.75 Å². The van der Waals surface area contributed by atoms with E-state index < -0.39 is 0 Å². The van der Waals surface area contributed by atoms with Crippen molar-refractivity contribution in [2.45, 2.75) is 12.8 Å². The number of benzene rings is 2. The summed E-state index contributed by atoms with van der Waals surface area (Å²) in [5, 5.41) is 0.984. The van der Waals surface area contributed by atoms with E-state index in [4.69, 9.17) is 4.74 Å². The predicted molar refractivity (Wildman–Crippen MR) is 91.8 cm³/mol. The summed E-state index contributed by atoms with van der Waals surface area (Å²) in [6, 6.07) is 16.8. The topological polar surface area (TPSA) is 9.23 Å². The molecule has 2 rings (SSSR count). The molecule has 0 spiro atoms. The van der Waals surface area contributed by atoms with Gasteiger partial charge in [-0.3, -0.25) is 0 Å². The Kier molecular flexibility index (Phi) is 6.11. The van der Waals surface area contributed by atoms with Crippen LogP contribution in [0.3, 0.4) is 0 Å². The smallest absolute Gasteiger partial charge is 0.122 e. The van der Waals surface area contributed by atoms with Crippen LogP contribution in [-0.4, -0.2) is 12.4 Å². The van der Waals surface area contributed by atoms with E-state index in [0.29, 0.717) is 5.92 Å². The molecule has 2 aromatic rings. The first-order valence-electron chi connectivity index (χ1n) is 6.65. The minimum Gasteiger partial charge on any atom is -0.496 e. The standard InChI is InChI=1S/C17H18Br2O/c1-20-17-8-7-16(19)11-15(17)10-14(12-18)9-13-5-3-2-4-6-13/h2-8,11,14H,9-10,12H2,1H3. The van der Waals surface area contributed by atoms with Gasteiger partial charge in [0.1, 0.15) is 5.75 Å². The SMILES string of the molecule is COc1ccc(Br)cc1CC(CBr)Cc1ccccc1. The summed E-state index contributed by atoms with van der Waals surface area (Å²) in [5.74, 6) is 1.52. The van der Waals surface area contributed by atoms with E-state index in [2.05, 4.69) is 68.3 Å². The van der Waals surface area contributed by atoms with Crippen LogP contribution in [0.25, 0.3) is 0 Å². The van der Waals surface area contributed by atoms with Crippen molar-refractivity contribution in [3.05, 3.63) is 64.1 Å². The number of alkyl halides is 1. The first-order valence-corrected chi connectivity index (χ1v) is 8.56. The zero-order valence-electron chi connectivity index (χ0n) is 11.5. The highest BCUT2D eigenvalue weighted by atomic mass is 79.9. The van der Waals surface area contributed by atoms with Crippen molar-refractivity contribution in [3.8, 4) is 5.75 Å². The Bertz CT molecular complexity index is 540. The summed E-state index contributed by atoms with van der Waals surface area (Å²) in [5.41, 5.74) is 2.63. The molecule has 0 N–H and O–H groups in total. The van der Waals surface area contributed by atoms with Gasteiger partial charge in [-0.15, -0.1) is 0 Å². The first-order chi connectivity index (χ1) is 9.72. The minimum atomic E-state index is 0.556. The monoisotopic (exact) mass is 396 g/mol. The molecule has 0 saturated heterocycles. The van der Waals surface area contributed by atoms with Gasteiger partial charge in [-0.05, 0) is 48.1 Å². The molecule has 0 aliphatic carbocycles. The highest BCUT2D eigenvalue weighted by Crippen LogP contribution is 2.27. The molecular formula is C17H18Br2O. The van der Waals surface area contributed by atoms with Crippen LogP contribution in [-0.2, 0) is 12.8 Å². The van der Waals surface area contributed by atoms with E-state index in [0.717, 1.165) is 28.4 Å². The van der Waals surface area contributed by atoms with Crippen LogP contribution in [0.1, 0.15) is 11.1 Å². The van der Waals surface area contributed by atoms with E-state index in [1.54, 1.807) is 7.11 Å². The first kappa shape index (κ1) is 15.6. The fourth-order valence-electron chi connectivity index (χ4n) is 2.35. The molecule has 0 amide bonds. The molecular weight excluding hydrogens is 380 g/mol. The van der Waals surface area contributed by atoms with Gasteiger partial charge in [-0.1, -0.05) is 62.2 Å². The van der Waals surface area contributed by atoms with Crippen molar-refractivity contribution in [1.82, 2.24) is 0 Å². The molecule has 106 valence electrons. The zero-order chi connectivity index (χ0) is 14.4. The molecule has 0 aliphatic rings. The minimum absolute atomic E-state index is 0.556. The lowest BCUT2D eigenvalue weighted by Crippen LogP contribution is -2.10. The van der Waals surface area contributed by atoms with Gasteiger partial charge in [0.05, 0.1) is 7.11 Å². The Morgan fingerprint density at radius 3 is 2.45 bits per heavy atom. The molecule has 0 bridgehead atoms. The number of hydrogen-bond acceptors (Lipinski definition) is 1. The molecule has 2 aromatic carbocycles. The van der Waals surface area contributed by atoms with Gasteiger partial charge >= 0.3 is 0 Å². The van der Waals surface area contributed by atoms with Crippen LogP contribution in [0.4, 0.5) is 0 Å². The second-order valence-corrected chi connectivity index (χ2v) is 6.43. The van der Waals surface area contributed by atoms with E-state index in [9.17, 15) is 0 Å². The molecule has 1 nitrogen and oxygen atoms in total. The second-order valence-electron chi connectivity index (χ2n) is 4.87. The van der Waals surface area contributed by atoms with Gasteiger partial charge in [0.25, 0.3) is 0 Å². The summed E-state index contributed by atoms with van der Waals surface area (Å²) in [6.45, 7) is 0. The van der Waals surface area contributed by atoms with Crippen LogP contribution in [0, 0.1) is 5.92 Å². The van der Waals surface area contributed by atoms with Crippen LogP contribution in [0.2, 0.25) is 0 Å². The van der Waals surface area contributed by atoms with Gasteiger partial charge in [0.15, 0.2) is 0 Å². The fraction of sp³-hybridized carbons (Fsp3) is 0.294. The Morgan fingerprint density at radius 1 is 1.05 bits per heavy atom. The Hall–Kier alpha value is -0.800. The summed E-state index contributed by atoms with van der Waals surface area (Å²) in [7, 11) is 1.73. The third kappa shape index (κ3) is 4.35. The van der Waals surface area contributed by atoms with Gasteiger partial charge in [-0.2, -0.15) is 0 Å². The highest BCUT2D eigenvalue weighted by molar-refractivity contribution is 9.10. The van der Waals surface area contributed by atoms with Crippen molar-refractivity contribution in [3.63, 3.8) is 0 Å². The van der Waals surface area contributed by atoms with Crippen LogP contribution < -0.4 is 4.74 Å². The van der Waals surface area contributed by atoms with Crippen molar-refractivity contribution in [2.75, 3.05) is 12.4 Å². The normalized spacial score (nSPS) is 12.2. The van der Waals surface area contributed by atoms with E-state index in [1.165, 1.54) is 11.1 Å². The number of hydrogen-bond donors (Lipinski definition) is 0. The molecule has 0 fully saturated rings. The van der Waals surface area contributed by atoms with Gasteiger partial charge in [0, 0.05) is 9.80 Å². The quantitative estimate of drug-likeness (QED) is 0.604. The van der Waals surface area contributed by atoms with Crippen LogP contribution >= 0.6 is 31.9 Å². The second kappa shape index (κ2) is 7.84. The molecule has 0 radical (unpaired) electrons. The van der Waals surface area contributed by atoms with E-state index in [1.807, 2.05) is 12.1 Å². The highest BCUT2D eigenvalue weighted by Gasteiger charge is 2.13. The fourth-order valence-corrected chi connectivity index (χ4v) is 3.21. The molecule has 0 saturated carbocycles. The molecule has 0 aromatic heterocycles. The molecule has 1 unspecified atom stereocenters.